The van der Waals surface area contributed by atoms with Crippen LogP contribution >= 0.6 is 0 Å². The van der Waals surface area contributed by atoms with E-state index in [1.807, 2.05) is 26.0 Å². The Morgan fingerprint density at radius 1 is 1.19 bits per heavy atom. The van der Waals surface area contributed by atoms with E-state index in [1.54, 1.807) is 34.0 Å². The van der Waals surface area contributed by atoms with Crippen LogP contribution in [0.2, 0.25) is 0 Å². The van der Waals surface area contributed by atoms with Gasteiger partial charge in [0.25, 0.3) is 5.91 Å². The predicted molar refractivity (Wildman–Crippen MR) is 100 cm³/mol. The van der Waals surface area contributed by atoms with Crippen molar-refractivity contribution in [1.82, 2.24) is 14.8 Å². The molecule has 2 aliphatic rings. The molecule has 2 saturated heterocycles. The third-order valence-electron chi connectivity index (χ3n) is 6.02. The molecule has 3 heterocycles. The summed E-state index contributed by atoms with van der Waals surface area (Å²) in [5.41, 5.74) is 0.478. The van der Waals surface area contributed by atoms with Gasteiger partial charge >= 0.3 is 0 Å². The summed E-state index contributed by atoms with van der Waals surface area (Å²) < 4.78 is 16.1. The average Bonchev–Trinajstić information content (AvgIpc) is 3.20. The van der Waals surface area contributed by atoms with E-state index in [-0.39, 0.29) is 23.3 Å². The lowest BCUT2D eigenvalue weighted by Gasteiger charge is -2.50. The van der Waals surface area contributed by atoms with Crippen LogP contribution in [0.4, 0.5) is 4.39 Å². The van der Waals surface area contributed by atoms with E-state index < -0.39 is 5.82 Å². The smallest absolute Gasteiger partial charge is 0.253 e. The summed E-state index contributed by atoms with van der Waals surface area (Å²) in [5.74, 6) is -0.0620. The number of nitrogens with one attached hydrogen (secondary N) is 1. The molecule has 4 rings (SSSR count). The molecular weight excluding hydrogens is 345 g/mol. The molecule has 142 valence electrons. The number of hydrogen-bond donors (Lipinski definition) is 1. The molecular formula is C21H24FN3O2. The summed E-state index contributed by atoms with van der Waals surface area (Å²) in [6, 6.07) is 8.48. The molecule has 2 amide bonds. The van der Waals surface area contributed by atoms with Gasteiger partial charge in [0.2, 0.25) is 5.91 Å². The molecule has 0 bridgehead atoms. The Morgan fingerprint density at radius 2 is 1.85 bits per heavy atom. The summed E-state index contributed by atoms with van der Waals surface area (Å²) in [4.78, 5) is 26.3. The number of nitrogens with zero attached hydrogens (tertiary/aromatic N) is 2. The third kappa shape index (κ3) is 3.03. The molecule has 5 nitrogen and oxygen atoms in total. The van der Waals surface area contributed by atoms with E-state index in [2.05, 4.69) is 5.32 Å². The summed E-state index contributed by atoms with van der Waals surface area (Å²) >= 11 is 0. The van der Waals surface area contributed by atoms with E-state index in [9.17, 15) is 14.0 Å². The fourth-order valence-corrected chi connectivity index (χ4v) is 4.24. The fraction of sp³-hybridized carbons (Fsp3) is 0.429. The van der Waals surface area contributed by atoms with Crippen molar-refractivity contribution >= 4 is 11.8 Å². The Bertz CT molecular complexity index is 868. The van der Waals surface area contributed by atoms with Gasteiger partial charge in [-0.1, -0.05) is 0 Å². The molecule has 1 aromatic carbocycles. The molecule has 6 heteroatoms. The summed E-state index contributed by atoms with van der Waals surface area (Å²) in [6.45, 7) is 5.21. The Balaban J connectivity index is 1.41. The van der Waals surface area contributed by atoms with E-state index in [1.165, 1.54) is 6.07 Å². The quantitative estimate of drug-likeness (QED) is 0.846. The third-order valence-corrected chi connectivity index (χ3v) is 6.02. The molecule has 1 atom stereocenters. The number of piperidine rings is 1. The largest absolute Gasteiger partial charge is 0.351 e. The van der Waals surface area contributed by atoms with Crippen LogP contribution in [-0.4, -0.2) is 40.4 Å². The first-order valence-electron chi connectivity index (χ1n) is 9.41. The molecule has 27 heavy (non-hydrogen) atoms. The molecule has 1 unspecified atom stereocenters. The van der Waals surface area contributed by atoms with Crippen molar-refractivity contribution in [3.63, 3.8) is 0 Å². The van der Waals surface area contributed by atoms with Crippen molar-refractivity contribution in [2.45, 2.75) is 32.7 Å². The van der Waals surface area contributed by atoms with E-state index in [0.717, 1.165) is 12.8 Å². The molecule has 2 aliphatic heterocycles. The van der Waals surface area contributed by atoms with Gasteiger partial charge in [-0.2, -0.15) is 0 Å². The minimum absolute atomic E-state index is 0.101. The number of halogens is 1. The first kappa shape index (κ1) is 17.8. The number of β-lactam (4-membered cyclic amide) rings is 1. The second-order valence-corrected chi connectivity index (χ2v) is 8.06. The second-order valence-electron chi connectivity index (χ2n) is 8.06. The molecule has 0 radical (unpaired) electrons. The Morgan fingerprint density at radius 3 is 2.41 bits per heavy atom. The molecule has 1 aromatic heterocycles. The number of likely N-dealkylation sites (tertiary alicyclic amines) is 1. The molecule has 2 fully saturated rings. The second kappa shape index (κ2) is 6.51. The van der Waals surface area contributed by atoms with Crippen LogP contribution in [0, 0.1) is 17.2 Å². The Kier molecular flexibility index (Phi) is 4.29. The number of carbonyl (C=O) groups excluding carboxylic acids is 2. The van der Waals surface area contributed by atoms with E-state index >= 15 is 0 Å². The zero-order chi connectivity index (χ0) is 19.2. The van der Waals surface area contributed by atoms with Gasteiger partial charge in [0.15, 0.2) is 0 Å². The molecule has 0 spiro atoms. The maximum Gasteiger partial charge on any atom is 0.253 e. The van der Waals surface area contributed by atoms with Crippen molar-refractivity contribution in [3.8, 4) is 5.69 Å². The SMILES string of the molecule is CC1(C)C(=O)NC1C1CCN(C(=O)c2ccc(-n3cccc3)c(F)c2)CC1. The maximum atomic E-state index is 14.5. The number of aromatic nitrogens is 1. The number of rotatable bonds is 3. The molecule has 0 aliphatic carbocycles. The van der Waals surface area contributed by atoms with Crippen molar-refractivity contribution in [2.24, 2.45) is 11.3 Å². The topological polar surface area (TPSA) is 54.3 Å². The van der Waals surface area contributed by atoms with Gasteiger partial charge in [-0.3, -0.25) is 9.59 Å². The van der Waals surface area contributed by atoms with Crippen molar-refractivity contribution in [2.75, 3.05) is 13.1 Å². The van der Waals surface area contributed by atoms with Gasteiger partial charge in [0.05, 0.1) is 11.1 Å². The standard InChI is InChI=1S/C21H24FN3O2/c1-21(2)18(23-20(21)27)14-7-11-25(12-8-14)19(26)15-5-6-17(16(22)13-15)24-9-3-4-10-24/h3-6,9-10,13-14,18H,7-8,11-12H2,1-2H3,(H,23,27). The van der Waals surface area contributed by atoms with Crippen LogP contribution in [0.3, 0.4) is 0 Å². The van der Waals surface area contributed by atoms with Crippen molar-refractivity contribution < 1.29 is 14.0 Å². The van der Waals surface area contributed by atoms with Gasteiger partial charge < -0.3 is 14.8 Å². The van der Waals surface area contributed by atoms with Crippen LogP contribution in [-0.2, 0) is 4.79 Å². The summed E-state index contributed by atoms with van der Waals surface area (Å²) in [7, 11) is 0. The molecule has 0 saturated carbocycles. The lowest BCUT2D eigenvalue weighted by molar-refractivity contribution is -0.146. The van der Waals surface area contributed by atoms with E-state index in [4.69, 9.17) is 0 Å². The van der Waals surface area contributed by atoms with Crippen LogP contribution in [0.5, 0.6) is 0 Å². The number of benzene rings is 1. The first-order valence-corrected chi connectivity index (χ1v) is 9.41. The number of hydrogen-bond acceptors (Lipinski definition) is 2. The van der Waals surface area contributed by atoms with Crippen LogP contribution < -0.4 is 5.32 Å². The van der Waals surface area contributed by atoms with Gasteiger partial charge in [0, 0.05) is 37.1 Å². The van der Waals surface area contributed by atoms with Gasteiger partial charge in [-0.05, 0) is 62.9 Å². The van der Waals surface area contributed by atoms with Crippen LogP contribution in [0.1, 0.15) is 37.0 Å². The minimum atomic E-state index is -0.411. The van der Waals surface area contributed by atoms with E-state index in [0.29, 0.717) is 30.3 Å². The Labute approximate surface area is 158 Å². The minimum Gasteiger partial charge on any atom is -0.351 e. The lowest BCUT2D eigenvalue weighted by Crippen LogP contribution is -2.68. The zero-order valence-corrected chi connectivity index (χ0v) is 15.6. The first-order chi connectivity index (χ1) is 12.9. The van der Waals surface area contributed by atoms with Gasteiger partial charge in [-0.25, -0.2) is 4.39 Å². The predicted octanol–water partition coefficient (Wildman–Crippen LogP) is 2.99. The average molecular weight is 369 g/mol. The Hall–Kier alpha value is -2.63. The summed E-state index contributed by atoms with van der Waals surface area (Å²) in [6.07, 6.45) is 5.24. The van der Waals surface area contributed by atoms with Gasteiger partial charge in [-0.15, -0.1) is 0 Å². The van der Waals surface area contributed by atoms with Gasteiger partial charge in [0.1, 0.15) is 5.82 Å². The monoisotopic (exact) mass is 369 g/mol. The lowest BCUT2D eigenvalue weighted by atomic mass is 9.68. The van der Waals surface area contributed by atoms with Crippen LogP contribution in [0.15, 0.2) is 42.7 Å². The summed E-state index contributed by atoms with van der Waals surface area (Å²) in [5, 5.41) is 3.01. The normalized spacial score (nSPS) is 22.3. The van der Waals surface area contributed by atoms with Crippen molar-refractivity contribution in [1.29, 1.82) is 0 Å². The molecule has 2 aromatic rings. The highest BCUT2D eigenvalue weighted by molar-refractivity contribution is 5.94. The molecule has 1 N–H and O–H groups in total. The highest BCUT2D eigenvalue weighted by Gasteiger charge is 2.51. The zero-order valence-electron chi connectivity index (χ0n) is 15.6. The van der Waals surface area contributed by atoms with Crippen LogP contribution in [0.25, 0.3) is 5.69 Å². The maximum absolute atomic E-state index is 14.5. The highest BCUT2D eigenvalue weighted by Crippen LogP contribution is 2.38. The number of amides is 2. The van der Waals surface area contributed by atoms with Crippen molar-refractivity contribution in [3.05, 3.63) is 54.1 Å². The number of carbonyl (C=O) groups is 2. The fourth-order valence-electron chi connectivity index (χ4n) is 4.24. The highest BCUT2D eigenvalue weighted by atomic mass is 19.1.